The van der Waals surface area contributed by atoms with E-state index in [4.69, 9.17) is 0 Å². The van der Waals surface area contributed by atoms with E-state index in [0.29, 0.717) is 5.69 Å². The second kappa shape index (κ2) is 8.68. The molecule has 0 unspecified atom stereocenters. The Bertz CT molecular complexity index is 875. The lowest BCUT2D eigenvalue weighted by Gasteiger charge is -2.23. The Morgan fingerprint density at radius 1 is 1.08 bits per heavy atom. The minimum absolute atomic E-state index is 0.281. The smallest absolute Gasteiger partial charge is 0.245 e. The van der Waals surface area contributed by atoms with E-state index in [1.807, 2.05) is 32.0 Å². The molecular weight excluding hydrogens is 416 g/mol. The van der Waals surface area contributed by atoms with E-state index in [1.54, 1.807) is 24.3 Å². The van der Waals surface area contributed by atoms with Gasteiger partial charge in [0.2, 0.25) is 15.9 Å². The van der Waals surface area contributed by atoms with Crippen LogP contribution in [0.1, 0.15) is 25.0 Å². The molecule has 1 amide bonds. The van der Waals surface area contributed by atoms with Crippen molar-refractivity contribution in [1.29, 1.82) is 0 Å². The number of halogens is 1. The number of benzene rings is 2. The average molecular weight is 439 g/mol. The molecule has 5 nitrogen and oxygen atoms in total. The molecule has 2 rings (SSSR count). The number of hydrogen-bond donors (Lipinski definition) is 1. The molecule has 2 aromatic rings. The fourth-order valence-corrected chi connectivity index (χ4v) is 3.98. The summed E-state index contributed by atoms with van der Waals surface area (Å²) in [7, 11) is -3.60. The molecule has 0 saturated carbocycles. The number of carbonyl (C=O) groups excluding carboxylic acids is 1. The molecule has 26 heavy (non-hydrogen) atoms. The SMILES string of the molecule is CCc1cccc(CC)c1NC(=O)CN(c1cccc(Br)c1)S(C)(=O)=O. The van der Waals surface area contributed by atoms with Gasteiger partial charge in [0.15, 0.2) is 0 Å². The molecule has 0 fully saturated rings. The van der Waals surface area contributed by atoms with Gasteiger partial charge in [-0.25, -0.2) is 8.42 Å². The highest BCUT2D eigenvalue weighted by molar-refractivity contribution is 9.10. The number of carbonyl (C=O) groups is 1. The van der Waals surface area contributed by atoms with Gasteiger partial charge in [-0.2, -0.15) is 0 Å². The first-order valence-corrected chi connectivity index (χ1v) is 11.0. The zero-order valence-corrected chi connectivity index (χ0v) is 17.5. The summed E-state index contributed by atoms with van der Waals surface area (Å²) in [6.45, 7) is 3.76. The Morgan fingerprint density at radius 2 is 1.65 bits per heavy atom. The fourth-order valence-electron chi connectivity index (χ4n) is 2.74. The average Bonchev–Trinajstić information content (AvgIpc) is 2.58. The lowest BCUT2D eigenvalue weighted by atomic mass is 10.0. The highest BCUT2D eigenvalue weighted by Gasteiger charge is 2.22. The topological polar surface area (TPSA) is 66.5 Å². The number of rotatable bonds is 7. The molecule has 0 aliphatic rings. The second-order valence-electron chi connectivity index (χ2n) is 5.96. The van der Waals surface area contributed by atoms with Gasteiger partial charge >= 0.3 is 0 Å². The minimum Gasteiger partial charge on any atom is -0.324 e. The highest BCUT2D eigenvalue weighted by atomic mass is 79.9. The lowest BCUT2D eigenvalue weighted by Crippen LogP contribution is -2.37. The summed E-state index contributed by atoms with van der Waals surface area (Å²) in [6, 6.07) is 12.8. The summed E-state index contributed by atoms with van der Waals surface area (Å²) in [5.74, 6) is -0.369. The van der Waals surface area contributed by atoms with Gasteiger partial charge in [-0.3, -0.25) is 9.10 Å². The number of anilines is 2. The van der Waals surface area contributed by atoms with Gasteiger partial charge in [0.25, 0.3) is 0 Å². The van der Waals surface area contributed by atoms with Crippen molar-refractivity contribution < 1.29 is 13.2 Å². The number of aryl methyl sites for hydroxylation is 2. The molecule has 0 aliphatic heterocycles. The largest absolute Gasteiger partial charge is 0.324 e. The zero-order valence-electron chi connectivity index (χ0n) is 15.1. The van der Waals surface area contributed by atoms with Crippen molar-refractivity contribution in [1.82, 2.24) is 0 Å². The molecule has 0 saturated heterocycles. The standard InChI is InChI=1S/C19H23BrN2O3S/c1-4-14-8-6-9-15(5-2)19(14)21-18(23)13-22(26(3,24)25)17-11-7-10-16(20)12-17/h6-12H,4-5,13H2,1-3H3,(H,21,23). The van der Waals surface area contributed by atoms with E-state index in [2.05, 4.69) is 21.2 Å². The lowest BCUT2D eigenvalue weighted by molar-refractivity contribution is -0.114. The second-order valence-corrected chi connectivity index (χ2v) is 8.78. The van der Waals surface area contributed by atoms with Crippen molar-refractivity contribution in [3.8, 4) is 0 Å². The van der Waals surface area contributed by atoms with Gasteiger partial charge < -0.3 is 5.32 Å². The van der Waals surface area contributed by atoms with Crippen LogP contribution in [-0.4, -0.2) is 27.1 Å². The van der Waals surface area contributed by atoms with Gasteiger partial charge in [-0.15, -0.1) is 0 Å². The van der Waals surface area contributed by atoms with E-state index in [-0.39, 0.29) is 12.5 Å². The van der Waals surface area contributed by atoms with Gasteiger partial charge in [0, 0.05) is 10.2 Å². The number of hydrogen-bond acceptors (Lipinski definition) is 3. The number of para-hydroxylation sites is 1. The molecule has 140 valence electrons. The van der Waals surface area contributed by atoms with Crippen LogP contribution in [0, 0.1) is 0 Å². The van der Waals surface area contributed by atoms with Gasteiger partial charge in [0.1, 0.15) is 6.54 Å². The van der Waals surface area contributed by atoms with Crippen LogP contribution in [0.2, 0.25) is 0 Å². The third kappa shape index (κ3) is 5.08. The maximum atomic E-state index is 12.6. The van der Waals surface area contributed by atoms with Crippen LogP contribution in [-0.2, 0) is 27.7 Å². The van der Waals surface area contributed by atoms with Gasteiger partial charge in [-0.05, 0) is 42.2 Å². The van der Waals surface area contributed by atoms with Crippen LogP contribution >= 0.6 is 15.9 Å². The molecule has 1 N–H and O–H groups in total. The van der Waals surface area contributed by atoms with Gasteiger partial charge in [-0.1, -0.05) is 54.0 Å². The van der Waals surface area contributed by atoms with Crippen molar-refractivity contribution in [2.24, 2.45) is 0 Å². The first-order valence-electron chi connectivity index (χ1n) is 8.40. The molecule has 0 bridgehead atoms. The van der Waals surface area contributed by atoms with Crippen LogP contribution in [0.4, 0.5) is 11.4 Å². The molecule has 0 radical (unpaired) electrons. The number of nitrogens with zero attached hydrogens (tertiary/aromatic N) is 1. The molecule has 7 heteroatoms. The van der Waals surface area contributed by atoms with Crippen LogP contribution < -0.4 is 9.62 Å². The summed E-state index contributed by atoms with van der Waals surface area (Å²) >= 11 is 3.33. The van der Waals surface area contributed by atoms with E-state index in [1.165, 1.54) is 0 Å². The Hall–Kier alpha value is -1.86. The first kappa shape index (κ1) is 20.5. The number of nitrogens with one attached hydrogen (secondary N) is 1. The minimum atomic E-state index is -3.60. The Labute approximate surface area is 163 Å². The molecule has 2 aromatic carbocycles. The molecule has 0 heterocycles. The number of sulfonamides is 1. The fraction of sp³-hybridized carbons (Fsp3) is 0.316. The summed E-state index contributed by atoms with van der Waals surface area (Å²) in [4.78, 5) is 12.6. The Kier molecular flexibility index (Phi) is 6.83. The van der Waals surface area contributed by atoms with Crippen molar-refractivity contribution in [2.45, 2.75) is 26.7 Å². The molecule has 0 aromatic heterocycles. The van der Waals surface area contributed by atoms with E-state index >= 15 is 0 Å². The van der Waals surface area contributed by atoms with Crippen molar-refractivity contribution in [3.05, 3.63) is 58.1 Å². The van der Waals surface area contributed by atoms with E-state index in [9.17, 15) is 13.2 Å². The summed E-state index contributed by atoms with van der Waals surface area (Å²) in [6.07, 6.45) is 2.66. The van der Waals surface area contributed by atoms with Crippen LogP contribution in [0.15, 0.2) is 46.9 Å². The molecule has 0 atom stereocenters. The molecule has 0 spiro atoms. The molecular formula is C19H23BrN2O3S. The van der Waals surface area contributed by atoms with Crippen molar-refractivity contribution >= 4 is 43.2 Å². The third-order valence-corrected chi connectivity index (χ3v) is 5.68. The van der Waals surface area contributed by atoms with Crippen LogP contribution in [0.3, 0.4) is 0 Å². The summed E-state index contributed by atoms with van der Waals surface area (Å²) in [5, 5.41) is 2.91. The number of amides is 1. The van der Waals surface area contributed by atoms with E-state index < -0.39 is 10.0 Å². The maximum Gasteiger partial charge on any atom is 0.245 e. The monoisotopic (exact) mass is 438 g/mol. The maximum absolute atomic E-state index is 12.6. The van der Waals surface area contributed by atoms with Gasteiger partial charge in [0.05, 0.1) is 11.9 Å². The summed E-state index contributed by atoms with van der Waals surface area (Å²) in [5.41, 5.74) is 3.29. The predicted octanol–water partition coefficient (Wildman–Crippen LogP) is 3.98. The Balaban J connectivity index is 2.30. The highest BCUT2D eigenvalue weighted by Crippen LogP contribution is 2.24. The van der Waals surface area contributed by atoms with Crippen LogP contribution in [0.5, 0.6) is 0 Å². The quantitative estimate of drug-likeness (QED) is 0.710. The summed E-state index contributed by atoms with van der Waals surface area (Å²) < 4.78 is 26.3. The normalized spacial score (nSPS) is 11.2. The van der Waals surface area contributed by atoms with E-state index in [0.717, 1.165) is 44.7 Å². The first-order chi connectivity index (χ1) is 12.3. The third-order valence-electron chi connectivity index (χ3n) is 4.05. The molecule has 0 aliphatic carbocycles. The zero-order chi connectivity index (χ0) is 19.3. The van der Waals surface area contributed by atoms with Crippen molar-refractivity contribution in [2.75, 3.05) is 22.4 Å². The van der Waals surface area contributed by atoms with Crippen molar-refractivity contribution in [3.63, 3.8) is 0 Å². The predicted molar refractivity (Wildman–Crippen MR) is 110 cm³/mol. The Morgan fingerprint density at radius 3 is 2.15 bits per heavy atom. The van der Waals surface area contributed by atoms with Crippen LogP contribution in [0.25, 0.3) is 0 Å².